The van der Waals surface area contributed by atoms with Crippen molar-refractivity contribution in [3.05, 3.63) is 45.7 Å². The highest BCUT2D eigenvalue weighted by molar-refractivity contribution is 7.13. The van der Waals surface area contributed by atoms with Crippen molar-refractivity contribution in [3.8, 4) is 5.75 Å². The quantitative estimate of drug-likeness (QED) is 0.821. The molecule has 1 aromatic heterocycles. The van der Waals surface area contributed by atoms with E-state index in [1.807, 2.05) is 13.8 Å². The largest absolute Gasteiger partial charge is 0.488 e. The number of nitrogens with zero attached hydrogens (tertiary/aromatic N) is 1. The van der Waals surface area contributed by atoms with Gasteiger partial charge >= 0.3 is 0 Å². The Hall–Kier alpha value is -1.95. The Kier molecular flexibility index (Phi) is 6.31. The van der Waals surface area contributed by atoms with Gasteiger partial charge in [-0.15, -0.1) is 11.3 Å². The summed E-state index contributed by atoms with van der Waals surface area (Å²) in [6.45, 7) is 8.11. The normalized spacial score (nSPS) is 12.2. The van der Waals surface area contributed by atoms with E-state index < -0.39 is 5.82 Å². The fraction of sp³-hybridized carbons (Fsp3) is 0.444. The number of nitrogens with one attached hydrogen (secondary N) is 1. The number of rotatable bonds is 7. The molecule has 0 saturated heterocycles. The molecule has 1 atom stereocenters. The molecule has 130 valence electrons. The monoisotopic (exact) mass is 350 g/mol. The van der Waals surface area contributed by atoms with E-state index in [1.54, 1.807) is 18.2 Å². The topological polar surface area (TPSA) is 51.2 Å². The van der Waals surface area contributed by atoms with E-state index in [-0.39, 0.29) is 24.3 Å². The smallest absolute Gasteiger partial charge is 0.263 e. The molecule has 0 spiro atoms. The van der Waals surface area contributed by atoms with Crippen LogP contribution in [-0.2, 0) is 6.42 Å². The number of hydrogen-bond acceptors (Lipinski definition) is 4. The zero-order chi connectivity index (χ0) is 17.7. The number of ether oxygens (including phenoxy) is 1. The first-order valence-electron chi connectivity index (χ1n) is 8.01. The van der Waals surface area contributed by atoms with Gasteiger partial charge in [0.05, 0.1) is 16.7 Å². The van der Waals surface area contributed by atoms with E-state index in [4.69, 9.17) is 4.74 Å². The Balaban J connectivity index is 1.92. The number of amides is 1. The first-order chi connectivity index (χ1) is 11.4. The average molecular weight is 350 g/mol. The van der Waals surface area contributed by atoms with Crippen LogP contribution in [0.3, 0.4) is 0 Å². The minimum atomic E-state index is -0.410. The Labute approximate surface area is 146 Å². The Morgan fingerprint density at radius 2 is 2.04 bits per heavy atom. The number of aryl methyl sites for hydroxylation is 1. The molecule has 0 fully saturated rings. The summed E-state index contributed by atoms with van der Waals surface area (Å²) in [6, 6.07) is 5.98. The second-order valence-corrected chi connectivity index (χ2v) is 7.32. The lowest BCUT2D eigenvalue weighted by Crippen LogP contribution is -2.36. The van der Waals surface area contributed by atoms with Gasteiger partial charge in [0.2, 0.25) is 0 Å². The minimum Gasteiger partial charge on any atom is -0.488 e. The molecule has 2 rings (SSSR count). The van der Waals surface area contributed by atoms with E-state index in [9.17, 15) is 9.18 Å². The number of aromatic nitrogens is 1. The van der Waals surface area contributed by atoms with Gasteiger partial charge in [-0.1, -0.05) is 26.0 Å². The third kappa shape index (κ3) is 5.03. The maximum Gasteiger partial charge on any atom is 0.263 e. The van der Waals surface area contributed by atoms with Gasteiger partial charge in [0.15, 0.2) is 11.6 Å². The van der Waals surface area contributed by atoms with Crippen LogP contribution in [0.2, 0.25) is 0 Å². The zero-order valence-electron chi connectivity index (χ0n) is 14.4. The molecule has 1 N–H and O–H groups in total. The SMILES string of the molecule is Cc1nc(CC(C)C)sc1C(=O)NC(C)COc1ccccc1F. The molecule has 24 heavy (non-hydrogen) atoms. The van der Waals surface area contributed by atoms with E-state index in [0.29, 0.717) is 10.8 Å². The first-order valence-corrected chi connectivity index (χ1v) is 8.83. The van der Waals surface area contributed by atoms with Crippen LogP contribution in [0.4, 0.5) is 4.39 Å². The average Bonchev–Trinajstić information content (AvgIpc) is 2.86. The number of halogens is 1. The molecule has 1 amide bonds. The molecule has 0 bridgehead atoms. The third-order valence-corrected chi connectivity index (χ3v) is 4.51. The van der Waals surface area contributed by atoms with Gasteiger partial charge in [0.1, 0.15) is 11.5 Å². The Morgan fingerprint density at radius 1 is 1.33 bits per heavy atom. The Morgan fingerprint density at radius 3 is 2.71 bits per heavy atom. The number of carbonyl (C=O) groups is 1. The van der Waals surface area contributed by atoms with Gasteiger partial charge in [-0.2, -0.15) is 0 Å². The summed E-state index contributed by atoms with van der Waals surface area (Å²) in [5.74, 6) is 0.114. The van der Waals surface area contributed by atoms with Gasteiger partial charge in [-0.05, 0) is 31.9 Å². The van der Waals surface area contributed by atoms with Gasteiger partial charge in [-0.25, -0.2) is 9.37 Å². The molecular formula is C18H23FN2O2S. The van der Waals surface area contributed by atoms with Crippen LogP contribution in [0.1, 0.15) is 41.1 Å². The molecule has 1 aromatic carbocycles. The number of para-hydroxylation sites is 1. The summed E-state index contributed by atoms with van der Waals surface area (Å²) < 4.78 is 18.9. The van der Waals surface area contributed by atoms with Gasteiger partial charge in [0.25, 0.3) is 5.91 Å². The molecule has 1 unspecified atom stereocenters. The lowest BCUT2D eigenvalue weighted by Gasteiger charge is -2.15. The van der Waals surface area contributed by atoms with Gasteiger partial charge < -0.3 is 10.1 Å². The van der Waals surface area contributed by atoms with Crippen LogP contribution < -0.4 is 10.1 Å². The van der Waals surface area contributed by atoms with Crippen molar-refractivity contribution >= 4 is 17.2 Å². The second-order valence-electron chi connectivity index (χ2n) is 6.24. The highest BCUT2D eigenvalue weighted by Crippen LogP contribution is 2.21. The first kappa shape index (κ1) is 18.4. The summed E-state index contributed by atoms with van der Waals surface area (Å²) >= 11 is 1.43. The summed E-state index contributed by atoms with van der Waals surface area (Å²) in [6.07, 6.45) is 0.866. The Bertz CT molecular complexity index is 700. The minimum absolute atomic E-state index is 0.162. The number of benzene rings is 1. The number of carbonyl (C=O) groups excluding carboxylic acids is 1. The summed E-state index contributed by atoms with van der Waals surface area (Å²) in [7, 11) is 0. The molecule has 4 nitrogen and oxygen atoms in total. The highest BCUT2D eigenvalue weighted by atomic mass is 32.1. The molecule has 2 aromatic rings. The molecule has 0 radical (unpaired) electrons. The molecule has 0 aliphatic heterocycles. The van der Waals surface area contributed by atoms with Crippen LogP contribution in [0.15, 0.2) is 24.3 Å². The predicted octanol–water partition coefficient (Wildman–Crippen LogP) is 3.99. The van der Waals surface area contributed by atoms with Crippen LogP contribution in [0.25, 0.3) is 0 Å². The predicted molar refractivity (Wildman–Crippen MR) is 94.2 cm³/mol. The van der Waals surface area contributed by atoms with E-state index in [2.05, 4.69) is 24.1 Å². The van der Waals surface area contributed by atoms with Gasteiger partial charge in [0, 0.05) is 6.42 Å². The molecular weight excluding hydrogens is 327 g/mol. The van der Waals surface area contributed by atoms with E-state index in [1.165, 1.54) is 17.4 Å². The van der Waals surface area contributed by atoms with Gasteiger partial charge in [-0.3, -0.25) is 4.79 Å². The van der Waals surface area contributed by atoms with Crippen molar-refractivity contribution in [2.75, 3.05) is 6.61 Å². The van der Waals surface area contributed by atoms with Crippen LogP contribution >= 0.6 is 11.3 Å². The standard InChI is InChI=1S/C18H23FN2O2S/c1-11(2)9-16-21-13(4)17(24-16)18(22)20-12(3)10-23-15-8-6-5-7-14(15)19/h5-8,11-12H,9-10H2,1-4H3,(H,20,22). The van der Waals surface area contributed by atoms with E-state index in [0.717, 1.165) is 17.1 Å². The molecule has 0 saturated carbocycles. The fourth-order valence-corrected chi connectivity index (χ4v) is 3.39. The molecule has 6 heteroatoms. The lowest BCUT2D eigenvalue weighted by atomic mass is 10.1. The van der Waals surface area contributed by atoms with E-state index >= 15 is 0 Å². The van der Waals surface area contributed by atoms with Crippen molar-refractivity contribution in [2.45, 2.75) is 40.2 Å². The lowest BCUT2D eigenvalue weighted by molar-refractivity contribution is 0.0929. The number of hydrogen-bond donors (Lipinski definition) is 1. The van der Waals surface area contributed by atoms with Crippen LogP contribution in [0, 0.1) is 18.7 Å². The third-order valence-electron chi connectivity index (χ3n) is 3.33. The summed E-state index contributed by atoms with van der Waals surface area (Å²) in [5, 5.41) is 3.85. The maximum atomic E-state index is 13.5. The molecule has 0 aliphatic carbocycles. The fourth-order valence-electron chi connectivity index (χ4n) is 2.21. The highest BCUT2D eigenvalue weighted by Gasteiger charge is 2.18. The summed E-state index contributed by atoms with van der Waals surface area (Å²) in [5.41, 5.74) is 0.746. The number of thiazole rings is 1. The molecule has 0 aliphatic rings. The van der Waals surface area contributed by atoms with Crippen molar-refractivity contribution in [1.82, 2.24) is 10.3 Å². The van der Waals surface area contributed by atoms with Crippen molar-refractivity contribution < 1.29 is 13.9 Å². The van der Waals surface area contributed by atoms with Crippen molar-refractivity contribution in [1.29, 1.82) is 0 Å². The summed E-state index contributed by atoms with van der Waals surface area (Å²) in [4.78, 5) is 17.5. The maximum absolute atomic E-state index is 13.5. The van der Waals surface area contributed by atoms with Crippen molar-refractivity contribution in [3.63, 3.8) is 0 Å². The second kappa shape index (κ2) is 8.24. The van der Waals surface area contributed by atoms with Crippen LogP contribution in [-0.4, -0.2) is 23.5 Å². The van der Waals surface area contributed by atoms with Crippen LogP contribution in [0.5, 0.6) is 5.75 Å². The zero-order valence-corrected chi connectivity index (χ0v) is 15.2. The molecule has 1 heterocycles. The van der Waals surface area contributed by atoms with Crippen molar-refractivity contribution in [2.24, 2.45) is 5.92 Å².